The molecule has 3 heteroatoms. The molecule has 0 aromatic heterocycles. The van der Waals surface area contributed by atoms with Crippen LogP contribution in [0.4, 0.5) is 0 Å². The molecule has 3 nitrogen and oxygen atoms in total. The summed E-state index contributed by atoms with van der Waals surface area (Å²) in [7, 11) is 0. The van der Waals surface area contributed by atoms with E-state index in [0.717, 1.165) is 19.4 Å². The molecule has 3 N–H and O–H groups in total. The number of aryl methyl sites for hydroxylation is 2. The molecule has 1 saturated heterocycles. The summed E-state index contributed by atoms with van der Waals surface area (Å²) in [5.74, 6) is 6.46. The molecule has 2 atom stereocenters. The molecule has 1 aromatic carbocycles. The van der Waals surface area contributed by atoms with Crippen molar-refractivity contribution >= 4 is 0 Å². The molecule has 2 aliphatic rings. The largest absolute Gasteiger partial charge is 0.375 e. The Kier molecular flexibility index (Phi) is 3.85. The number of hydrazine groups is 1. The number of nitrogens with one attached hydrogen (secondary N) is 1. The predicted molar refractivity (Wildman–Crippen MR) is 81.2 cm³/mol. The van der Waals surface area contributed by atoms with Crippen molar-refractivity contribution < 1.29 is 4.74 Å². The molecule has 1 saturated carbocycles. The SMILES string of the molecule is Cc1ccc(C(NN)C2CCOC3(CCC3)C2)cc1C. The quantitative estimate of drug-likeness (QED) is 0.657. The minimum atomic E-state index is 0.178. The molecular formula is C17H26N2O. The van der Waals surface area contributed by atoms with Gasteiger partial charge in [0, 0.05) is 12.6 Å². The van der Waals surface area contributed by atoms with Gasteiger partial charge in [-0.2, -0.15) is 0 Å². The zero-order valence-corrected chi connectivity index (χ0v) is 12.6. The molecule has 0 radical (unpaired) electrons. The van der Waals surface area contributed by atoms with Crippen LogP contribution in [0.5, 0.6) is 0 Å². The van der Waals surface area contributed by atoms with Gasteiger partial charge in [-0.15, -0.1) is 0 Å². The first-order valence-electron chi connectivity index (χ1n) is 7.81. The van der Waals surface area contributed by atoms with Crippen LogP contribution in [0.2, 0.25) is 0 Å². The topological polar surface area (TPSA) is 47.3 Å². The van der Waals surface area contributed by atoms with Crippen LogP contribution in [-0.2, 0) is 4.74 Å². The molecule has 2 fully saturated rings. The van der Waals surface area contributed by atoms with E-state index in [1.165, 1.54) is 36.0 Å². The van der Waals surface area contributed by atoms with E-state index in [2.05, 4.69) is 37.5 Å². The molecule has 1 aliphatic carbocycles. The van der Waals surface area contributed by atoms with Crippen LogP contribution in [-0.4, -0.2) is 12.2 Å². The number of hydrogen-bond donors (Lipinski definition) is 2. The van der Waals surface area contributed by atoms with Crippen molar-refractivity contribution in [3.8, 4) is 0 Å². The van der Waals surface area contributed by atoms with Crippen molar-refractivity contribution in [3.05, 3.63) is 34.9 Å². The van der Waals surface area contributed by atoms with Gasteiger partial charge in [0.1, 0.15) is 0 Å². The van der Waals surface area contributed by atoms with E-state index >= 15 is 0 Å². The van der Waals surface area contributed by atoms with Crippen LogP contribution in [0.25, 0.3) is 0 Å². The summed E-state index contributed by atoms with van der Waals surface area (Å²) in [5, 5.41) is 0. The lowest BCUT2D eigenvalue weighted by Crippen LogP contribution is -2.48. The second-order valence-electron chi connectivity index (χ2n) is 6.63. The predicted octanol–water partition coefficient (Wildman–Crippen LogP) is 3.16. The Bertz CT molecular complexity index is 482. The standard InChI is InChI=1S/C17H26N2O/c1-12-4-5-14(10-13(12)2)16(19-18)15-6-9-20-17(11-15)7-3-8-17/h4-5,10,15-16,19H,3,6-9,11,18H2,1-2H3. The Labute approximate surface area is 121 Å². The summed E-state index contributed by atoms with van der Waals surface area (Å²) < 4.78 is 6.04. The lowest BCUT2D eigenvalue weighted by molar-refractivity contribution is -0.147. The minimum absolute atomic E-state index is 0.178. The lowest BCUT2D eigenvalue weighted by atomic mass is 9.69. The average molecular weight is 274 g/mol. The van der Waals surface area contributed by atoms with Gasteiger partial charge in [-0.1, -0.05) is 18.2 Å². The van der Waals surface area contributed by atoms with Gasteiger partial charge in [0.25, 0.3) is 0 Å². The molecule has 20 heavy (non-hydrogen) atoms. The lowest BCUT2D eigenvalue weighted by Gasteiger charge is -2.48. The van der Waals surface area contributed by atoms with Crippen molar-refractivity contribution in [2.75, 3.05) is 6.61 Å². The first-order valence-corrected chi connectivity index (χ1v) is 7.81. The van der Waals surface area contributed by atoms with Crippen molar-refractivity contribution in [2.24, 2.45) is 11.8 Å². The van der Waals surface area contributed by atoms with E-state index in [9.17, 15) is 0 Å². The Balaban J connectivity index is 1.79. The second kappa shape index (κ2) is 5.47. The fourth-order valence-corrected chi connectivity index (χ4v) is 3.73. The number of rotatable bonds is 3. The molecule has 0 amide bonds. The Morgan fingerprint density at radius 1 is 1.30 bits per heavy atom. The molecule has 2 unspecified atom stereocenters. The van der Waals surface area contributed by atoms with Crippen molar-refractivity contribution in [1.29, 1.82) is 0 Å². The van der Waals surface area contributed by atoms with Gasteiger partial charge >= 0.3 is 0 Å². The van der Waals surface area contributed by atoms with E-state index in [1.807, 2.05) is 0 Å². The zero-order valence-electron chi connectivity index (χ0n) is 12.6. The third-order valence-electron chi connectivity index (χ3n) is 5.34. The van der Waals surface area contributed by atoms with Crippen LogP contribution in [0.3, 0.4) is 0 Å². The fraction of sp³-hybridized carbons (Fsp3) is 0.647. The third kappa shape index (κ3) is 2.50. The maximum Gasteiger partial charge on any atom is 0.0686 e. The number of ether oxygens (including phenoxy) is 1. The van der Waals surface area contributed by atoms with E-state index in [4.69, 9.17) is 10.6 Å². The van der Waals surface area contributed by atoms with Gasteiger partial charge in [-0.05, 0) is 68.6 Å². The molecule has 3 rings (SSSR count). The maximum atomic E-state index is 6.04. The summed E-state index contributed by atoms with van der Waals surface area (Å²) in [5.41, 5.74) is 7.24. The van der Waals surface area contributed by atoms with Crippen LogP contribution in [0.15, 0.2) is 18.2 Å². The minimum Gasteiger partial charge on any atom is -0.375 e. The van der Waals surface area contributed by atoms with E-state index < -0.39 is 0 Å². The summed E-state index contributed by atoms with van der Waals surface area (Å²) in [6.07, 6.45) is 6.02. The Morgan fingerprint density at radius 3 is 2.70 bits per heavy atom. The molecule has 0 bridgehead atoms. The molecule has 1 heterocycles. The summed E-state index contributed by atoms with van der Waals surface area (Å²) in [6, 6.07) is 6.95. The van der Waals surface area contributed by atoms with Crippen LogP contribution in [0.1, 0.15) is 54.8 Å². The van der Waals surface area contributed by atoms with Crippen molar-refractivity contribution in [2.45, 2.75) is 57.6 Å². The summed E-state index contributed by atoms with van der Waals surface area (Å²) in [6.45, 7) is 5.21. The van der Waals surface area contributed by atoms with Crippen molar-refractivity contribution in [3.63, 3.8) is 0 Å². The highest BCUT2D eigenvalue weighted by Crippen LogP contribution is 2.47. The number of benzene rings is 1. The van der Waals surface area contributed by atoms with Gasteiger partial charge in [0.15, 0.2) is 0 Å². The van der Waals surface area contributed by atoms with E-state index in [1.54, 1.807) is 0 Å². The van der Waals surface area contributed by atoms with Gasteiger partial charge in [0.05, 0.1) is 5.60 Å². The maximum absolute atomic E-state index is 6.04. The first kappa shape index (κ1) is 14.1. The zero-order chi connectivity index (χ0) is 14.2. The monoisotopic (exact) mass is 274 g/mol. The van der Waals surface area contributed by atoms with Crippen LogP contribution < -0.4 is 11.3 Å². The number of hydrogen-bond acceptors (Lipinski definition) is 3. The van der Waals surface area contributed by atoms with Gasteiger partial charge in [-0.3, -0.25) is 11.3 Å². The first-order chi connectivity index (χ1) is 9.63. The Hall–Kier alpha value is -0.900. The van der Waals surface area contributed by atoms with E-state index in [-0.39, 0.29) is 11.6 Å². The fourth-order valence-electron chi connectivity index (χ4n) is 3.73. The third-order valence-corrected chi connectivity index (χ3v) is 5.34. The highest BCUT2D eigenvalue weighted by Gasteiger charge is 2.44. The average Bonchev–Trinajstić information content (AvgIpc) is 2.42. The smallest absolute Gasteiger partial charge is 0.0686 e. The van der Waals surface area contributed by atoms with Crippen molar-refractivity contribution in [1.82, 2.24) is 5.43 Å². The molecule has 110 valence electrons. The van der Waals surface area contributed by atoms with Crippen LogP contribution in [0, 0.1) is 19.8 Å². The van der Waals surface area contributed by atoms with E-state index in [0.29, 0.717) is 5.92 Å². The Morgan fingerprint density at radius 2 is 2.10 bits per heavy atom. The summed E-state index contributed by atoms with van der Waals surface area (Å²) in [4.78, 5) is 0. The highest BCUT2D eigenvalue weighted by atomic mass is 16.5. The summed E-state index contributed by atoms with van der Waals surface area (Å²) >= 11 is 0. The highest BCUT2D eigenvalue weighted by molar-refractivity contribution is 5.32. The molecular weight excluding hydrogens is 248 g/mol. The van der Waals surface area contributed by atoms with Gasteiger partial charge < -0.3 is 4.74 Å². The molecule has 1 spiro atoms. The molecule has 1 aromatic rings. The normalized spacial score (nSPS) is 26.2. The van der Waals surface area contributed by atoms with Crippen LogP contribution >= 0.6 is 0 Å². The van der Waals surface area contributed by atoms with Gasteiger partial charge in [0.2, 0.25) is 0 Å². The second-order valence-corrected chi connectivity index (χ2v) is 6.63. The molecule has 1 aliphatic heterocycles. The number of nitrogens with two attached hydrogens (primary N) is 1. The van der Waals surface area contributed by atoms with Gasteiger partial charge in [-0.25, -0.2) is 0 Å².